The van der Waals surface area contributed by atoms with Crippen molar-refractivity contribution in [3.8, 4) is 0 Å². The number of hydrogen-bond acceptors (Lipinski definition) is 2. The molecular formula is C16H16F3NO3. The molecule has 1 aliphatic heterocycles. The molecule has 124 valence electrons. The Morgan fingerprint density at radius 3 is 2.35 bits per heavy atom. The highest BCUT2D eigenvalue weighted by Gasteiger charge is 2.47. The smallest absolute Gasteiger partial charge is 0.416 e. The fourth-order valence-electron chi connectivity index (χ4n) is 3.15. The van der Waals surface area contributed by atoms with Crippen molar-refractivity contribution in [2.45, 2.75) is 24.9 Å². The van der Waals surface area contributed by atoms with Crippen molar-refractivity contribution in [1.29, 1.82) is 0 Å². The van der Waals surface area contributed by atoms with Crippen LogP contribution in [0.15, 0.2) is 24.3 Å². The number of carbonyl (C=O) groups excluding carboxylic acids is 1. The zero-order valence-corrected chi connectivity index (χ0v) is 12.2. The maximum absolute atomic E-state index is 12.5. The van der Waals surface area contributed by atoms with Crippen molar-refractivity contribution in [1.82, 2.24) is 4.90 Å². The lowest BCUT2D eigenvalue weighted by atomic mass is 10.1. The Labute approximate surface area is 130 Å². The predicted octanol–water partition coefficient (Wildman–Crippen LogP) is 2.74. The molecule has 3 rings (SSSR count). The van der Waals surface area contributed by atoms with Crippen LogP contribution < -0.4 is 0 Å². The first-order valence-electron chi connectivity index (χ1n) is 7.46. The minimum atomic E-state index is -4.36. The minimum Gasteiger partial charge on any atom is -0.481 e. The largest absolute Gasteiger partial charge is 0.481 e. The van der Waals surface area contributed by atoms with Crippen LogP contribution in [-0.4, -0.2) is 35.0 Å². The number of nitrogens with zero attached hydrogens (tertiary/aromatic N) is 1. The molecule has 1 aliphatic carbocycles. The van der Waals surface area contributed by atoms with Crippen molar-refractivity contribution < 1.29 is 27.9 Å². The maximum atomic E-state index is 12.5. The molecule has 1 N–H and O–H groups in total. The third-order valence-electron chi connectivity index (χ3n) is 4.62. The second kappa shape index (κ2) is 5.54. The zero-order valence-electron chi connectivity index (χ0n) is 12.2. The van der Waals surface area contributed by atoms with Crippen LogP contribution in [0.1, 0.15) is 29.9 Å². The molecule has 2 fully saturated rings. The number of amides is 1. The number of rotatable bonds is 3. The van der Waals surface area contributed by atoms with Gasteiger partial charge in [-0.1, -0.05) is 12.1 Å². The van der Waals surface area contributed by atoms with Gasteiger partial charge >= 0.3 is 12.1 Å². The average molecular weight is 327 g/mol. The van der Waals surface area contributed by atoms with Crippen molar-refractivity contribution >= 4 is 11.9 Å². The number of carboxylic acid groups (broad SMARTS) is 1. The topological polar surface area (TPSA) is 57.6 Å². The number of benzene rings is 1. The highest BCUT2D eigenvalue weighted by Crippen LogP contribution is 2.49. The van der Waals surface area contributed by atoms with Crippen LogP contribution in [0, 0.1) is 11.8 Å². The van der Waals surface area contributed by atoms with Gasteiger partial charge in [-0.15, -0.1) is 0 Å². The van der Waals surface area contributed by atoms with E-state index in [-0.39, 0.29) is 24.3 Å². The van der Waals surface area contributed by atoms with E-state index in [4.69, 9.17) is 5.11 Å². The van der Waals surface area contributed by atoms with Gasteiger partial charge in [0.05, 0.1) is 11.5 Å². The third-order valence-corrected chi connectivity index (χ3v) is 4.62. The van der Waals surface area contributed by atoms with Crippen molar-refractivity contribution in [3.63, 3.8) is 0 Å². The van der Waals surface area contributed by atoms with E-state index in [0.29, 0.717) is 19.4 Å². The molecule has 7 heteroatoms. The molecule has 0 aromatic heterocycles. The van der Waals surface area contributed by atoms with E-state index in [1.54, 1.807) is 4.90 Å². The molecule has 0 unspecified atom stereocenters. The van der Waals surface area contributed by atoms with Gasteiger partial charge < -0.3 is 10.0 Å². The summed E-state index contributed by atoms with van der Waals surface area (Å²) in [7, 11) is 0. The lowest BCUT2D eigenvalue weighted by Crippen LogP contribution is -2.31. The maximum Gasteiger partial charge on any atom is 0.416 e. The average Bonchev–Trinajstić information content (AvgIpc) is 3.13. The highest BCUT2D eigenvalue weighted by molar-refractivity contribution is 5.84. The van der Waals surface area contributed by atoms with Gasteiger partial charge in [-0.2, -0.15) is 13.2 Å². The Bertz CT molecular complexity index is 626. The van der Waals surface area contributed by atoms with Gasteiger partial charge in [0.15, 0.2) is 0 Å². The number of alkyl halides is 3. The van der Waals surface area contributed by atoms with Crippen LogP contribution >= 0.6 is 0 Å². The summed E-state index contributed by atoms with van der Waals surface area (Å²) in [5.41, 5.74) is 0.0268. The molecule has 1 aromatic carbocycles. The van der Waals surface area contributed by atoms with Crippen LogP contribution in [0.5, 0.6) is 0 Å². The monoisotopic (exact) mass is 327 g/mol. The van der Waals surface area contributed by atoms with Gasteiger partial charge in [0.1, 0.15) is 0 Å². The van der Waals surface area contributed by atoms with Crippen LogP contribution in [-0.2, 0) is 15.8 Å². The van der Waals surface area contributed by atoms with E-state index in [1.165, 1.54) is 12.1 Å². The number of hydrogen-bond donors (Lipinski definition) is 1. The second-order valence-corrected chi connectivity index (χ2v) is 6.18. The minimum absolute atomic E-state index is 0.0614. The van der Waals surface area contributed by atoms with Crippen LogP contribution in [0.25, 0.3) is 0 Å². The summed E-state index contributed by atoms with van der Waals surface area (Å²) in [6, 6.07) is 4.91. The normalized spacial score (nSPS) is 27.1. The Morgan fingerprint density at radius 1 is 1.17 bits per heavy atom. The fraction of sp³-hybridized carbons (Fsp3) is 0.500. The predicted molar refractivity (Wildman–Crippen MR) is 74.6 cm³/mol. The fourth-order valence-corrected chi connectivity index (χ4v) is 3.15. The molecule has 1 saturated heterocycles. The molecule has 0 bridgehead atoms. The van der Waals surface area contributed by atoms with Gasteiger partial charge in [-0.25, -0.2) is 0 Å². The summed E-state index contributed by atoms with van der Waals surface area (Å²) in [5.74, 6) is -1.79. The zero-order chi connectivity index (χ0) is 16.8. The van der Waals surface area contributed by atoms with Crippen molar-refractivity contribution in [3.05, 3.63) is 35.4 Å². The summed E-state index contributed by atoms with van der Waals surface area (Å²) in [6.45, 7) is 0.663. The van der Waals surface area contributed by atoms with E-state index in [9.17, 15) is 22.8 Å². The summed E-state index contributed by atoms with van der Waals surface area (Å²) in [6.07, 6.45) is -3.30. The number of carbonyl (C=O) groups is 2. The molecular weight excluding hydrogens is 311 g/mol. The lowest BCUT2D eigenvalue weighted by molar-refractivity contribution is -0.141. The molecule has 1 saturated carbocycles. The molecule has 23 heavy (non-hydrogen) atoms. The lowest BCUT2D eigenvalue weighted by Gasteiger charge is -2.15. The van der Waals surface area contributed by atoms with Crippen LogP contribution in [0.3, 0.4) is 0 Å². The van der Waals surface area contributed by atoms with Crippen molar-refractivity contribution in [2.75, 3.05) is 13.1 Å². The Balaban J connectivity index is 1.61. The molecule has 2 aliphatic rings. The van der Waals surface area contributed by atoms with E-state index >= 15 is 0 Å². The summed E-state index contributed by atoms with van der Waals surface area (Å²) in [4.78, 5) is 24.8. The van der Waals surface area contributed by atoms with E-state index in [2.05, 4.69) is 0 Å². The number of halogens is 3. The first-order chi connectivity index (χ1) is 10.8. The number of carboxylic acids is 1. The number of likely N-dealkylation sites (tertiary alicyclic amines) is 1. The van der Waals surface area contributed by atoms with Crippen LogP contribution in [0.2, 0.25) is 0 Å². The third kappa shape index (κ3) is 3.18. The van der Waals surface area contributed by atoms with Gasteiger partial charge in [-0.3, -0.25) is 9.59 Å². The quantitative estimate of drug-likeness (QED) is 0.929. The van der Waals surface area contributed by atoms with E-state index in [1.807, 2.05) is 0 Å². The van der Waals surface area contributed by atoms with Gasteiger partial charge in [0.25, 0.3) is 0 Å². The molecule has 3 atom stereocenters. The van der Waals surface area contributed by atoms with Gasteiger partial charge in [-0.05, 0) is 36.5 Å². The standard InChI is InChI=1S/C16H16F3NO3/c17-16(18,19)11-3-1-9(2-4-11)12-7-13(12)14(21)20-6-5-10(8-20)15(22)23/h1-4,10,12-13H,5-8H2,(H,22,23)/t10-,12-,13-/m1/s1. The first kappa shape index (κ1) is 15.8. The molecule has 1 amide bonds. The summed E-state index contributed by atoms with van der Waals surface area (Å²) < 4.78 is 37.6. The first-order valence-corrected chi connectivity index (χ1v) is 7.46. The van der Waals surface area contributed by atoms with E-state index < -0.39 is 23.6 Å². The Kier molecular flexibility index (Phi) is 3.82. The number of aliphatic carboxylic acids is 1. The second-order valence-electron chi connectivity index (χ2n) is 6.18. The summed E-state index contributed by atoms with van der Waals surface area (Å²) in [5, 5.41) is 8.96. The molecule has 0 spiro atoms. The molecule has 1 aromatic rings. The SMILES string of the molecule is O=C(O)[C@@H]1CCN(C(=O)[C@@H]2C[C@@H]2c2ccc(C(F)(F)F)cc2)C1. The Hall–Kier alpha value is -2.05. The Morgan fingerprint density at radius 2 is 1.83 bits per heavy atom. The van der Waals surface area contributed by atoms with E-state index in [0.717, 1.165) is 17.7 Å². The van der Waals surface area contributed by atoms with Gasteiger partial charge in [0, 0.05) is 19.0 Å². The molecule has 4 nitrogen and oxygen atoms in total. The summed E-state index contributed by atoms with van der Waals surface area (Å²) >= 11 is 0. The van der Waals surface area contributed by atoms with Gasteiger partial charge in [0.2, 0.25) is 5.91 Å². The van der Waals surface area contributed by atoms with Crippen molar-refractivity contribution in [2.24, 2.45) is 11.8 Å². The molecule has 1 heterocycles. The highest BCUT2D eigenvalue weighted by atomic mass is 19.4. The molecule has 0 radical (unpaired) electrons. The van der Waals surface area contributed by atoms with Crippen LogP contribution in [0.4, 0.5) is 13.2 Å².